The molecule has 2 nitrogen and oxygen atoms in total. The molecule has 1 aromatic carbocycles. The second-order valence-corrected chi connectivity index (χ2v) is 5.86. The van der Waals surface area contributed by atoms with Crippen LogP contribution in [0.5, 0.6) is 5.75 Å². The Hall–Kier alpha value is -1.09. The van der Waals surface area contributed by atoms with E-state index in [1.165, 1.54) is 6.07 Å². The van der Waals surface area contributed by atoms with Crippen molar-refractivity contribution in [3.63, 3.8) is 0 Å². The summed E-state index contributed by atoms with van der Waals surface area (Å²) in [4.78, 5) is 0. The lowest BCUT2D eigenvalue weighted by atomic mass is 9.87. The van der Waals surface area contributed by atoms with Crippen molar-refractivity contribution in [3.05, 3.63) is 29.6 Å². The Morgan fingerprint density at radius 1 is 1.39 bits per heavy atom. The van der Waals surface area contributed by atoms with E-state index in [9.17, 15) is 4.39 Å². The van der Waals surface area contributed by atoms with Crippen LogP contribution in [0.3, 0.4) is 0 Å². The van der Waals surface area contributed by atoms with Crippen molar-refractivity contribution >= 4 is 0 Å². The summed E-state index contributed by atoms with van der Waals surface area (Å²) in [7, 11) is 1.98. The zero-order valence-corrected chi connectivity index (χ0v) is 11.6. The molecule has 0 radical (unpaired) electrons. The molecule has 1 aromatic rings. The Morgan fingerprint density at radius 2 is 2.11 bits per heavy atom. The van der Waals surface area contributed by atoms with E-state index in [0.29, 0.717) is 11.6 Å². The predicted octanol–water partition coefficient (Wildman–Crippen LogP) is 3.29. The lowest BCUT2D eigenvalue weighted by Crippen LogP contribution is -2.44. The second kappa shape index (κ2) is 4.88. The second-order valence-electron chi connectivity index (χ2n) is 5.86. The van der Waals surface area contributed by atoms with Crippen LogP contribution in [0.2, 0.25) is 0 Å². The summed E-state index contributed by atoms with van der Waals surface area (Å²) in [5, 5.41) is 3.35. The summed E-state index contributed by atoms with van der Waals surface area (Å²) in [5.74, 6) is 0.580. The Bertz CT molecular complexity index is 431. The van der Waals surface area contributed by atoms with Crippen molar-refractivity contribution in [2.45, 2.75) is 45.8 Å². The number of benzene rings is 1. The molecular weight excluding hydrogens is 229 g/mol. The lowest BCUT2D eigenvalue weighted by Gasteiger charge is -2.30. The summed E-state index contributed by atoms with van der Waals surface area (Å²) in [6.07, 6.45) is 2.34. The fraction of sp³-hybridized carbons (Fsp3) is 0.600. The minimum Gasteiger partial charge on any atom is -0.489 e. The number of nitrogens with one attached hydrogen (secondary N) is 1. The van der Waals surface area contributed by atoms with Crippen molar-refractivity contribution in [1.29, 1.82) is 0 Å². The topological polar surface area (TPSA) is 21.3 Å². The highest BCUT2D eigenvalue weighted by Gasteiger charge is 2.42. The van der Waals surface area contributed by atoms with Crippen molar-refractivity contribution in [3.8, 4) is 5.75 Å². The molecule has 0 heterocycles. The summed E-state index contributed by atoms with van der Waals surface area (Å²) in [5.41, 5.74) is 0.875. The Labute approximate surface area is 109 Å². The van der Waals surface area contributed by atoms with Crippen LogP contribution in [0.25, 0.3) is 0 Å². The van der Waals surface area contributed by atoms with Crippen molar-refractivity contribution in [2.75, 3.05) is 7.05 Å². The van der Waals surface area contributed by atoms with E-state index in [1.807, 2.05) is 7.05 Å². The van der Waals surface area contributed by atoms with Gasteiger partial charge in [-0.3, -0.25) is 0 Å². The van der Waals surface area contributed by atoms with Gasteiger partial charge in [0.1, 0.15) is 17.7 Å². The van der Waals surface area contributed by atoms with E-state index in [2.05, 4.69) is 19.2 Å². The zero-order chi connectivity index (χ0) is 13.3. The summed E-state index contributed by atoms with van der Waals surface area (Å²) in [6, 6.07) is 5.29. The molecule has 1 fully saturated rings. The van der Waals surface area contributed by atoms with E-state index in [0.717, 1.165) is 18.6 Å². The highest BCUT2D eigenvalue weighted by Crippen LogP contribution is 2.39. The Balaban J connectivity index is 2.12. The molecule has 0 saturated heterocycles. The van der Waals surface area contributed by atoms with Crippen LogP contribution in [0.1, 0.15) is 32.3 Å². The van der Waals surface area contributed by atoms with Gasteiger partial charge in [0.25, 0.3) is 0 Å². The monoisotopic (exact) mass is 251 g/mol. The molecule has 2 atom stereocenters. The van der Waals surface area contributed by atoms with Crippen LogP contribution >= 0.6 is 0 Å². The summed E-state index contributed by atoms with van der Waals surface area (Å²) in [6.45, 7) is 6.28. The first kappa shape index (κ1) is 13.3. The SMILES string of the molecule is CNC1C(Oc2ccc(F)c(C)c2)CCC1(C)C. The minimum atomic E-state index is -0.181. The van der Waals surface area contributed by atoms with Crippen molar-refractivity contribution in [1.82, 2.24) is 5.32 Å². The first-order valence-corrected chi connectivity index (χ1v) is 6.54. The normalized spacial score (nSPS) is 26.3. The molecule has 2 rings (SSSR count). The average molecular weight is 251 g/mol. The maximum Gasteiger partial charge on any atom is 0.126 e. The maximum absolute atomic E-state index is 13.2. The molecule has 2 unspecified atom stereocenters. The minimum absolute atomic E-state index is 0.162. The molecule has 3 heteroatoms. The number of hydrogen-bond acceptors (Lipinski definition) is 2. The van der Waals surface area contributed by atoms with Crippen LogP contribution < -0.4 is 10.1 Å². The third-order valence-electron chi connectivity index (χ3n) is 4.01. The molecule has 100 valence electrons. The number of hydrogen-bond donors (Lipinski definition) is 1. The van der Waals surface area contributed by atoms with Crippen LogP contribution in [-0.4, -0.2) is 19.2 Å². The zero-order valence-electron chi connectivity index (χ0n) is 11.6. The molecular formula is C15H22FNO. The standard InChI is InChI=1S/C15H22FNO/c1-10-9-11(5-6-12(10)16)18-13-7-8-15(2,3)14(13)17-4/h5-6,9,13-14,17H,7-8H2,1-4H3. The van der Waals surface area contributed by atoms with Gasteiger partial charge in [0.05, 0.1) is 0 Å². The molecule has 1 N–H and O–H groups in total. The van der Waals surface area contributed by atoms with Crippen LogP contribution in [0, 0.1) is 18.2 Å². The summed E-state index contributed by atoms with van der Waals surface area (Å²) < 4.78 is 19.2. The summed E-state index contributed by atoms with van der Waals surface area (Å²) >= 11 is 0. The van der Waals surface area contributed by atoms with E-state index in [-0.39, 0.29) is 17.3 Å². The van der Waals surface area contributed by atoms with E-state index in [1.54, 1.807) is 19.1 Å². The van der Waals surface area contributed by atoms with Gasteiger partial charge < -0.3 is 10.1 Å². The number of ether oxygens (including phenoxy) is 1. The van der Waals surface area contributed by atoms with Gasteiger partial charge in [-0.1, -0.05) is 13.8 Å². The lowest BCUT2D eigenvalue weighted by molar-refractivity contribution is 0.145. The molecule has 1 aliphatic rings. The van der Waals surface area contributed by atoms with Gasteiger partial charge in [-0.2, -0.15) is 0 Å². The third-order valence-corrected chi connectivity index (χ3v) is 4.01. The fourth-order valence-corrected chi connectivity index (χ4v) is 2.91. The van der Waals surface area contributed by atoms with Crippen LogP contribution in [0.15, 0.2) is 18.2 Å². The van der Waals surface area contributed by atoms with Crippen molar-refractivity contribution in [2.24, 2.45) is 5.41 Å². The largest absolute Gasteiger partial charge is 0.489 e. The number of halogens is 1. The smallest absolute Gasteiger partial charge is 0.126 e. The molecule has 1 saturated carbocycles. The van der Waals surface area contributed by atoms with Gasteiger partial charge in [-0.25, -0.2) is 4.39 Å². The first-order chi connectivity index (χ1) is 8.44. The maximum atomic E-state index is 13.2. The van der Waals surface area contributed by atoms with Gasteiger partial charge in [0, 0.05) is 6.04 Å². The van der Waals surface area contributed by atoms with E-state index < -0.39 is 0 Å². The Morgan fingerprint density at radius 3 is 2.72 bits per heavy atom. The van der Waals surface area contributed by atoms with E-state index in [4.69, 9.17) is 4.74 Å². The van der Waals surface area contributed by atoms with Gasteiger partial charge in [-0.05, 0) is 56.0 Å². The van der Waals surface area contributed by atoms with Crippen LogP contribution in [0.4, 0.5) is 4.39 Å². The first-order valence-electron chi connectivity index (χ1n) is 6.54. The molecule has 0 spiro atoms. The number of rotatable bonds is 3. The molecule has 18 heavy (non-hydrogen) atoms. The Kier molecular flexibility index (Phi) is 3.62. The highest BCUT2D eigenvalue weighted by molar-refractivity contribution is 5.29. The molecule has 0 aromatic heterocycles. The average Bonchev–Trinajstić information content (AvgIpc) is 2.59. The number of likely N-dealkylation sites (N-methyl/N-ethyl adjacent to an activating group) is 1. The fourth-order valence-electron chi connectivity index (χ4n) is 2.91. The van der Waals surface area contributed by atoms with Crippen molar-refractivity contribution < 1.29 is 9.13 Å². The molecule has 0 bridgehead atoms. The highest BCUT2D eigenvalue weighted by atomic mass is 19.1. The quantitative estimate of drug-likeness (QED) is 0.890. The predicted molar refractivity (Wildman–Crippen MR) is 71.4 cm³/mol. The molecule has 0 amide bonds. The van der Waals surface area contributed by atoms with Gasteiger partial charge >= 0.3 is 0 Å². The van der Waals surface area contributed by atoms with Crippen LogP contribution in [-0.2, 0) is 0 Å². The van der Waals surface area contributed by atoms with Gasteiger partial charge in [0.15, 0.2) is 0 Å². The third kappa shape index (κ3) is 2.51. The van der Waals surface area contributed by atoms with E-state index >= 15 is 0 Å². The molecule has 1 aliphatic carbocycles. The molecule has 0 aliphatic heterocycles. The van der Waals surface area contributed by atoms with Gasteiger partial charge in [-0.15, -0.1) is 0 Å². The van der Waals surface area contributed by atoms with Gasteiger partial charge in [0.2, 0.25) is 0 Å². The number of aryl methyl sites for hydroxylation is 1.